The number of hydrogen-bond donors (Lipinski definition) is 2. The number of aryl methyl sites for hydroxylation is 1. The van der Waals surface area contributed by atoms with Crippen LogP contribution in [0.15, 0.2) is 15.7 Å². The van der Waals surface area contributed by atoms with Gasteiger partial charge in [0.2, 0.25) is 0 Å². The molecule has 2 aromatic rings. The Bertz CT molecular complexity index is 1030. The van der Waals surface area contributed by atoms with E-state index in [-0.39, 0.29) is 17.0 Å². The number of nitrogens with zero attached hydrogens (tertiary/aromatic N) is 2. The maximum atomic E-state index is 15.0. The summed E-state index contributed by atoms with van der Waals surface area (Å²) < 4.78 is 16.6. The smallest absolute Gasteiger partial charge is 0.329 e. The maximum absolute atomic E-state index is 15.0. The normalized spacial score (nSPS) is 22.9. The molecule has 5 rings (SSSR count). The average molecular weight is 388 g/mol. The zero-order valence-electron chi connectivity index (χ0n) is 16.8. The number of nitrogens with one attached hydrogen (secondary N) is 1. The van der Waals surface area contributed by atoms with Gasteiger partial charge in [0.05, 0.1) is 16.6 Å². The third-order valence-corrected chi connectivity index (χ3v) is 6.44. The number of H-pyrrole nitrogens is 1. The Morgan fingerprint density at radius 2 is 1.89 bits per heavy atom. The molecular formula is C21H29FN4O2. The number of hydrogen-bond acceptors (Lipinski definition) is 4. The summed E-state index contributed by atoms with van der Waals surface area (Å²) in [6.45, 7) is 7.31. The first-order valence-corrected chi connectivity index (χ1v) is 10.4. The summed E-state index contributed by atoms with van der Waals surface area (Å²) in [4.78, 5) is 29.0. The average Bonchev–Trinajstić information content (AvgIpc) is 3.58. The molecule has 3 fully saturated rings. The second-order valence-corrected chi connectivity index (χ2v) is 8.25. The molecule has 3 N–H and O–H groups in total. The molecule has 0 radical (unpaired) electrons. The van der Waals surface area contributed by atoms with E-state index in [4.69, 9.17) is 5.73 Å². The van der Waals surface area contributed by atoms with Gasteiger partial charge in [-0.3, -0.25) is 14.3 Å². The van der Waals surface area contributed by atoms with E-state index in [9.17, 15) is 14.0 Å². The third-order valence-electron chi connectivity index (χ3n) is 6.44. The second-order valence-electron chi connectivity index (χ2n) is 8.25. The summed E-state index contributed by atoms with van der Waals surface area (Å²) >= 11 is 0. The predicted molar refractivity (Wildman–Crippen MR) is 110 cm³/mol. The number of benzene rings is 1. The lowest BCUT2D eigenvalue weighted by molar-refractivity contribution is 0.442. The van der Waals surface area contributed by atoms with E-state index < -0.39 is 17.1 Å². The molecule has 0 bridgehead atoms. The molecule has 1 unspecified atom stereocenters. The molecule has 2 saturated carbocycles. The van der Waals surface area contributed by atoms with Crippen molar-refractivity contribution in [1.82, 2.24) is 9.55 Å². The van der Waals surface area contributed by atoms with Gasteiger partial charge in [0, 0.05) is 30.2 Å². The summed E-state index contributed by atoms with van der Waals surface area (Å²) in [5.74, 6) is -0.0224. The zero-order valence-corrected chi connectivity index (χ0v) is 16.8. The molecule has 1 saturated heterocycles. The quantitative estimate of drug-likeness (QED) is 0.847. The Morgan fingerprint density at radius 1 is 1.21 bits per heavy atom. The van der Waals surface area contributed by atoms with Gasteiger partial charge >= 0.3 is 5.69 Å². The van der Waals surface area contributed by atoms with Crippen LogP contribution in [0, 0.1) is 18.7 Å². The Hall–Kier alpha value is -2.15. The molecular weight excluding hydrogens is 359 g/mol. The molecule has 0 amide bonds. The van der Waals surface area contributed by atoms with Gasteiger partial charge in [-0.05, 0) is 51.0 Å². The molecule has 3 aliphatic rings. The van der Waals surface area contributed by atoms with Crippen LogP contribution in [-0.4, -0.2) is 28.2 Å². The minimum absolute atomic E-state index is 0.0801. The molecule has 6 nitrogen and oxygen atoms in total. The van der Waals surface area contributed by atoms with Crippen molar-refractivity contribution in [2.75, 3.05) is 18.0 Å². The number of halogens is 1. The number of rotatable bonds is 3. The van der Waals surface area contributed by atoms with Crippen molar-refractivity contribution in [1.29, 1.82) is 0 Å². The summed E-state index contributed by atoms with van der Waals surface area (Å²) in [5, 5.41) is 0.253. The van der Waals surface area contributed by atoms with Gasteiger partial charge in [-0.2, -0.15) is 0 Å². The number of aromatic nitrogens is 2. The van der Waals surface area contributed by atoms with Gasteiger partial charge in [0.15, 0.2) is 0 Å². The Balaban J connectivity index is 0.000000932. The van der Waals surface area contributed by atoms with Crippen LogP contribution in [0.5, 0.6) is 0 Å². The molecule has 1 aromatic heterocycles. The lowest BCUT2D eigenvalue weighted by Gasteiger charge is -2.25. The Kier molecular flexibility index (Phi) is 4.61. The van der Waals surface area contributed by atoms with Crippen LogP contribution < -0.4 is 21.9 Å². The van der Waals surface area contributed by atoms with Gasteiger partial charge in [0.1, 0.15) is 5.82 Å². The molecule has 152 valence electrons. The van der Waals surface area contributed by atoms with Crippen LogP contribution in [0.25, 0.3) is 10.9 Å². The zero-order chi connectivity index (χ0) is 20.2. The van der Waals surface area contributed by atoms with Crippen LogP contribution in [-0.2, 0) is 0 Å². The SMILES string of the molecule is CC.Cc1c(N2CCC(C3(N)CC3)C2)c(F)cc2c(=O)[nH]c(=O)n(C3CC3)c12. The summed E-state index contributed by atoms with van der Waals surface area (Å²) in [5.41, 5.74) is 7.13. The Labute approximate surface area is 163 Å². The molecule has 0 spiro atoms. The van der Waals surface area contributed by atoms with E-state index >= 15 is 0 Å². The summed E-state index contributed by atoms with van der Waals surface area (Å²) in [6, 6.07) is 1.39. The van der Waals surface area contributed by atoms with Crippen molar-refractivity contribution in [3.63, 3.8) is 0 Å². The molecule has 7 heteroatoms. The van der Waals surface area contributed by atoms with Crippen molar-refractivity contribution in [2.24, 2.45) is 11.7 Å². The van der Waals surface area contributed by atoms with Crippen molar-refractivity contribution in [3.05, 3.63) is 38.3 Å². The predicted octanol–water partition coefficient (Wildman–Crippen LogP) is 2.82. The first-order chi connectivity index (χ1) is 13.4. The van der Waals surface area contributed by atoms with Crippen molar-refractivity contribution in [2.45, 2.75) is 64.5 Å². The second kappa shape index (κ2) is 6.72. The minimum atomic E-state index is -0.520. The molecule has 2 heterocycles. The third kappa shape index (κ3) is 2.96. The van der Waals surface area contributed by atoms with E-state index in [0.29, 0.717) is 22.7 Å². The van der Waals surface area contributed by atoms with E-state index in [2.05, 4.69) is 4.98 Å². The first-order valence-electron chi connectivity index (χ1n) is 10.4. The first kappa shape index (κ1) is 19.2. The fourth-order valence-corrected chi connectivity index (χ4v) is 4.62. The van der Waals surface area contributed by atoms with Gasteiger partial charge in [-0.15, -0.1) is 0 Å². The monoisotopic (exact) mass is 388 g/mol. The van der Waals surface area contributed by atoms with Gasteiger partial charge in [0.25, 0.3) is 5.56 Å². The van der Waals surface area contributed by atoms with E-state index in [1.165, 1.54) is 6.07 Å². The number of fused-ring (bicyclic) bond motifs is 1. The van der Waals surface area contributed by atoms with E-state index in [1.807, 2.05) is 25.7 Å². The van der Waals surface area contributed by atoms with Gasteiger partial charge in [-0.25, -0.2) is 9.18 Å². The largest absolute Gasteiger partial charge is 0.369 e. The van der Waals surface area contributed by atoms with Crippen LogP contribution in [0.4, 0.5) is 10.1 Å². The van der Waals surface area contributed by atoms with Crippen molar-refractivity contribution in [3.8, 4) is 0 Å². The van der Waals surface area contributed by atoms with Crippen molar-refractivity contribution < 1.29 is 4.39 Å². The topological polar surface area (TPSA) is 84.1 Å². The maximum Gasteiger partial charge on any atom is 0.329 e. The highest BCUT2D eigenvalue weighted by molar-refractivity contribution is 5.87. The van der Waals surface area contributed by atoms with Gasteiger partial charge in [-0.1, -0.05) is 13.8 Å². The number of anilines is 1. The van der Waals surface area contributed by atoms with Gasteiger partial charge < -0.3 is 10.6 Å². The standard InChI is InChI=1S/C19H23FN4O2.C2H6/c1-10-15-13(17(25)22-18(26)24(15)12-2-3-12)8-14(20)16(10)23-7-4-11(9-23)19(21)5-6-19;1-2/h8,11-12H,2-7,9,21H2,1H3,(H,22,25,26);1-2H3. The number of aromatic amines is 1. The molecule has 1 atom stereocenters. The highest BCUT2D eigenvalue weighted by Crippen LogP contribution is 2.45. The fraction of sp³-hybridized carbons (Fsp3) is 0.619. The van der Waals surface area contributed by atoms with Crippen LogP contribution >= 0.6 is 0 Å². The summed E-state index contributed by atoms with van der Waals surface area (Å²) in [7, 11) is 0. The Morgan fingerprint density at radius 3 is 2.50 bits per heavy atom. The minimum Gasteiger partial charge on any atom is -0.369 e. The number of nitrogens with two attached hydrogens (primary N) is 1. The highest BCUT2D eigenvalue weighted by atomic mass is 19.1. The highest BCUT2D eigenvalue weighted by Gasteiger charge is 2.48. The lowest BCUT2D eigenvalue weighted by atomic mass is 9.97. The van der Waals surface area contributed by atoms with Crippen LogP contribution in [0.1, 0.15) is 57.6 Å². The molecule has 1 aliphatic heterocycles. The van der Waals surface area contributed by atoms with E-state index in [0.717, 1.165) is 45.2 Å². The van der Waals surface area contributed by atoms with Crippen molar-refractivity contribution >= 4 is 16.6 Å². The molecule has 2 aliphatic carbocycles. The summed E-state index contributed by atoms with van der Waals surface area (Å²) in [6.07, 6.45) is 4.87. The van der Waals surface area contributed by atoms with Crippen LogP contribution in [0.2, 0.25) is 0 Å². The van der Waals surface area contributed by atoms with Crippen LogP contribution in [0.3, 0.4) is 0 Å². The molecule has 1 aromatic carbocycles. The molecule has 28 heavy (non-hydrogen) atoms. The lowest BCUT2D eigenvalue weighted by Crippen LogP contribution is -2.35. The van der Waals surface area contributed by atoms with E-state index in [1.54, 1.807) is 4.57 Å². The fourth-order valence-electron chi connectivity index (χ4n) is 4.62.